The number of rotatable bonds is 3. The number of nitro benzene ring substituents is 1. The number of aryl methyl sites for hydroxylation is 1. The molecule has 1 amide bonds. The van der Waals surface area contributed by atoms with E-state index in [9.17, 15) is 14.9 Å². The first-order valence-electron chi connectivity index (χ1n) is 9.52. The van der Waals surface area contributed by atoms with E-state index in [0.29, 0.717) is 42.8 Å². The van der Waals surface area contributed by atoms with Gasteiger partial charge in [0.15, 0.2) is 0 Å². The number of hydrogen-bond acceptors (Lipinski definition) is 5. The third kappa shape index (κ3) is 3.73. The van der Waals surface area contributed by atoms with E-state index < -0.39 is 4.92 Å². The third-order valence-electron chi connectivity index (χ3n) is 5.58. The number of nitrogens with zero attached hydrogens (tertiary/aromatic N) is 3. The number of piperazine rings is 1. The van der Waals surface area contributed by atoms with E-state index in [1.165, 1.54) is 22.9 Å². The molecule has 6 nitrogen and oxygen atoms in total. The Hall–Kier alpha value is -2.12. The maximum absolute atomic E-state index is 13.0. The lowest BCUT2D eigenvalue weighted by atomic mass is 9.90. The Morgan fingerprint density at radius 2 is 2.00 bits per heavy atom. The summed E-state index contributed by atoms with van der Waals surface area (Å²) in [5, 5.41) is 11.7. The zero-order valence-electron chi connectivity index (χ0n) is 15.7. The van der Waals surface area contributed by atoms with Gasteiger partial charge >= 0.3 is 0 Å². The lowest BCUT2D eigenvalue weighted by Crippen LogP contribution is -2.48. The van der Waals surface area contributed by atoms with Gasteiger partial charge in [0, 0.05) is 42.1 Å². The monoisotopic (exact) mass is 419 g/mol. The van der Waals surface area contributed by atoms with Gasteiger partial charge in [0.1, 0.15) is 5.69 Å². The third-order valence-corrected chi connectivity index (χ3v) is 7.04. The molecule has 8 heteroatoms. The van der Waals surface area contributed by atoms with Crippen LogP contribution < -0.4 is 4.90 Å². The molecule has 0 spiro atoms. The average Bonchev–Trinajstić information content (AvgIpc) is 3.10. The first-order valence-corrected chi connectivity index (χ1v) is 10.7. The van der Waals surface area contributed by atoms with Gasteiger partial charge in [-0.25, -0.2) is 0 Å². The Balaban J connectivity index is 1.45. The van der Waals surface area contributed by atoms with Gasteiger partial charge in [-0.15, -0.1) is 11.3 Å². The van der Waals surface area contributed by atoms with E-state index in [0.717, 1.165) is 17.7 Å². The van der Waals surface area contributed by atoms with Gasteiger partial charge in [-0.2, -0.15) is 0 Å². The highest BCUT2D eigenvalue weighted by atomic mass is 35.5. The number of carbonyl (C=O) groups excluding carboxylic acids is 1. The van der Waals surface area contributed by atoms with Crippen molar-refractivity contribution in [3.8, 4) is 0 Å². The number of nitro groups is 1. The van der Waals surface area contributed by atoms with Crippen molar-refractivity contribution in [3.05, 3.63) is 54.7 Å². The second kappa shape index (κ2) is 7.72. The Kier molecular flexibility index (Phi) is 5.29. The van der Waals surface area contributed by atoms with Crippen LogP contribution in [0.2, 0.25) is 5.02 Å². The van der Waals surface area contributed by atoms with E-state index in [4.69, 9.17) is 11.6 Å². The van der Waals surface area contributed by atoms with Crippen LogP contribution in [-0.2, 0) is 12.8 Å². The van der Waals surface area contributed by atoms with Gasteiger partial charge < -0.3 is 9.80 Å². The summed E-state index contributed by atoms with van der Waals surface area (Å²) < 4.78 is 0. The quantitative estimate of drug-likeness (QED) is 0.546. The average molecular weight is 420 g/mol. The topological polar surface area (TPSA) is 66.7 Å². The summed E-state index contributed by atoms with van der Waals surface area (Å²) in [5.74, 6) is 0.765. The minimum Gasteiger partial charge on any atom is -0.362 e. The molecule has 0 radical (unpaired) electrons. The fourth-order valence-corrected chi connectivity index (χ4v) is 5.37. The summed E-state index contributed by atoms with van der Waals surface area (Å²) in [6.45, 7) is 4.50. The van der Waals surface area contributed by atoms with Crippen molar-refractivity contribution in [3.63, 3.8) is 0 Å². The first-order chi connectivity index (χ1) is 13.4. The molecule has 1 aromatic heterocycles. The fraction of sp³-hybridized carbons (Fsp3) is 0.450. The predicted molar refractivity (Wildman–Crippen MR) is 112 cm³/mol. The van der Waals surface area contributed by atoms with Crippen molar-refractivity contribution < 1.29 is 9.72 Å². The summed E-state index contributed by atoms with van der Waals surface area (Å²) in [6, 6.07) is 6.81. The normalized spacial score (nSPS) is 19.4. The van der Waals surface area contributed by atoms with Crippen LogP contribution in [0, 0.1) is 16.0 Å². The Labute approximate surface area is 172 Å². The molecule has 0 saturated carbocycles. The first kappa shape index (κ1) is 19.2. The minimum absolute atomic E-state index is 0.00679. The van der Waals surface area contributed by atoms with Crippen LogP contribution in [-0.4, -0.2) is 41.9 Å². The van der Waals surface area contributed by atoms with Crippen LogP contribution in [0.25, 0.3) is 0 Å². The van der Waals surface area contributed by atoms with Crippen LogP contribution in [0.5, 0.6) is 0 Å². The van der Waals surface area contributed by atoms with Gasteiger partial charge in [-0.05, 0) is 48.9 Å². The largest absolute Gasteiger partial charge is 0.362 e. The Morgan fingerprint density at radius 1 is 1.25 bits per heavy atom. The van der Waals surface area contributed by atoms with Gasteiger partial charge in [0.05, 0.1) is 9.80 Å². The Bertz CT molecular complexity index is 921. The van der Waals surface area contributed by atoms with E-state index >= 15 is 0 Å². The van der Waals surface area contributed by atoms with Crippen molar-refractivity contribution in [1.82, 2.24) is 4.90 Å². The number of carbonyl (C=O) groups is 1. The highest BCUT2D eigenvalue weighted by Crippen LogP contribution is 2.34. The number of amides is 1. The lowest BCUT2D eigenvalue weighted by Gasteiger charge is -2.35. The number of fused-ring (bicyclic) bond motifs is 1. The minimum atomic E-state index is -0.407. The summed E-state index contributed by atoms with van der Waals surface area (Å²) in [4.78, 5) is 29.9. The van der Waals surface area contributed by atoms with E-state index in [2.05, 4.69) is 13.0 Å². The molecule has 0 N–H and O–H groups in total. The van der Waals surface area contributed by atoms with Crippen LogP contribution in [0.4, 0.5) is 11.4 Å². The fourth-order valence-electron chi connectivity index (χ4n) is 4.03. The van der Waals surface area contributed by atoms with Crippen LogP contribution >= 0.6 is 22.9 Å². The van der Waals surface area contributed by atoms with Gasteiger partial charge in [0.25, 0.3) is 11.6 Å². The molecule has 2 aromatic rings. The maximum atomic E-state index is 13.0. The van der Waals surface area contributed by atoms with Crippen molar-refractivity contribution in [2.24, 2.45) is 5.92 Å². The van der Waals surface area contributed by atoms with Crippen LogP contribution in [0.3, 0.4) is 0 Å². The number of hydrogen-bond donors (Lipinski definition) is 0. The predicted octanol–water partition coefficient (Wildman–Crippen LogP) is 4.40. The maximum Gasteiger partial charge on any atom is 0.294 e. The molecule has 2 aliphatic rings. The smallest absolute Gasteiger partial charge is 0.294 e. The van der Waals surface area contributed by atoms with E-state index in [-0.39, 0.29) is 11.6 Å². The zero-order valence-corrected chi connectivity index (χ0v) is 17.3. The second-order valence-electron chi connectivity index (χ2n) is 7.58. The van der Waals surface area contributed by atoms with Crippen LogP contribution in [0.15, 0.2) is 24.3 Å². The van der Waals surface area contributed by atoms with E-state index in [1.54, 1.807) is 23.5 Å². The number of benzene rings is 1. The molecule has 1 fully saturated rings. The molecule has 1 aliphatic carbocycles. The molecular formula is C20H22ClN3O3S. The molecule has 148 valence electrons. The van der Waals surface area contributed by atoms with Crippen molar-refractivity contribution in [2.75, 3.05) is 31.1 Å². The summed E-state index contributed by atoms with van der Waals surface area (Å²) in [5.41, 5.74) is 1.90. The van der Waals surface area contributed by atoms with Gasteiger partial charge in [0.2, 0.25) is 0 Å². The number of anilines is 1. The van der Waals surface area contributed by atoms with E-state index in [1.807, 2.05) is 9.80 Å². The van der Waals surface area contributed by atoms with Gasteiger partial charge in [-0.1, -0.05) is 18.5 Å². The molecule has 2 heterocycles. The molecular weight excluding hydrogens is 398 g/mol. The number of thiophene rings is 1. The second-order valence-corrected chi connectivity index (χ2v) is 9.15. The van der Waals surface area contributed by atoms with Gasteiger partial charge in [-0.3, -0.25) is 14.9 Å². The molecule has 1 saturated heterocycles. The van der Waals surface area contributed by atoms with Crippen LogP contribution in [0.1, 0.15) is 33.5 Å². The SMILES string of the molecule is CC1CCc2sc(C(=O)N3CCN(c4ccc(Cl)cc4[N+](=O)[O-])CC3)cc2C1. The van der Waals surface area contributed by atoms with Crippen molar-refractivity contribution in [1.29, 1.82) is 0 Å². The highest BCUT2D eigenvalue weighted by molar-refractivity contribution is 7.14. The highest BCUT2D eigenvalue weighted by Gasteiger charge is 2.28. The number of halogens is 1. The summed E-state index contributed by atoms with van der Waals surface area (Å²) in [6.07, 6.45) is 3.33. The zero-order chi connectivity index (χ0) is 19.8. The lowest BCUT2D eigenvalue weighted by molar-refractivity contribution is -0.384. The molecule has 1 unspecified atom stereocenters. The Morgan fingerprint density at radius 3 is 2.71 bits per heavy atom. The standard InChI is InChI=1S/C20H22ClN3O3S/c1-13-2-5-18-14(10-13)11-19(28-18)20(25)23-8-6-22(7-9-23)16-4-3-15(21)12-17(16)24(26)27/h3-4,11-13H,2,5-10H2,1H3. The van der Waals surface area contributed by atoms with Crippen molar-refractivity contribution in [2.45, 2.75) is 26.2 Å². The molecule has 4 rings (SSSR count). The van der Waals surface area contributed by atoms with Crippen molar-refractivity contribution >= 4 is 40.2 Å². The molecule has 1 aromatic carbocycles. The summed E-state index contributed by atoms with van der Waals surface area (Å²) in [7, 11) is 0. The molecule has 28 heavy (non-hydrogen) atoms. The molecule has 1 aliphatic heterocycles. The summed E-state index contributed by atoms with van der Waals surface area (Å²) >= 11 is 7.55. The molecule has 0 bridgehead atoms. The molecule has 1 atom stereocenters.